The molecule has 8 heteroatoms. The summed E-state index contributed by atoms with van der Waals surface area (Å²) in [5.41, 5.74) is 10.8. The van der Waals surface area contributed by atoms with E-state index in [0.717, 1.165) is 73.4 Å². The number of nitrogens with zero attached hydrogens (tertiary/aromatic N) is 2. The zero-order chi connectivity index (χ0) is 27.9. The van der Waals surface area contributed by atoms with Gasteiger partial charge in [0.05, 0.1) is 13.2 Å². The standard InChI is InChI=1S/C30H45N5O3/c1-6-7-12-35(13-8-15-36)14-11-33-27-10-9-22(2)29(19-27)30(37)34-23(3)24-16-25(18-28(17-24)38-5)26(20-31)21-32-4/h9-10,16-21,23,33,36H,6-8,11-15,31H2,1-5H3,(H,34,37)/b26-20+,32-21?. The summed E-state index contributed by atoms with van der Waals surface area (Å²) in [6, 6.07) is 11.4. The number of unbranched alkanes of at least 4 members (excludes halogenated alkanes) is 1. The molecule has 38 heavy (non-hydrogen) atoms. The van der Waals surface area contributed by atoms with Crippen molar-refractivity contribution in [2.24, 2.45) is 10.7 Å². The molecule has 1 amide bonds. The monoisotopic (exact) mass is 523 g/mol. The summed E-state index contributed by atoms with van der Waals surface area (Å²) < 4.78 is 5.49. The van der Waals surface area contributed by atoms with Crippen LogP contribution in [0.25, 0.3) is 5.57 Å². The first kappa shape index (κ1) is 30.9. The molecule has 1 unspecified atom stereocenters. The quantitative estimate of drug-likeness (QED) is 0.243. The first-order chi connectivity index (χ1) is 18.4. The molecule has 2 aromatic carbocycles. The number of carbonyl (C=O) groups is 1. The lowest BCUT2D eigenvalue weighted by Gasteiger charge is -2.22. The van der Waals surface area contributed by atoms with E-state index in [1.807, 2.05) is 50.2 Å². The Morgan fingerprint density at radius 2 is 1.95 bits per heavy atom. The van der Waals surface area contributed by atoms with E-state index in [4.69, 9.17) is 10.5 Å². The molecule has 0 saturated carbocycles. The lowest BCUT2D eigenvalue weighted by molar-refractivity contribution is 0.0939. The molecular formula is C30H45N5O3. The van der Waals surface area contributed by atoms with E-state index in [-0.39, 0.29) is 18.6 Å². The van der Waals surface area contributed by atoms with Gasteiger partial charge >= 0.3 is 0 Å². The predicted octanol–water partition coefficient (Wildman–Crippen LogP) is 4.39. The molecule has 0 aliphatic rings. The number of aliphatic hydroxyl groups excluding tert-OH is 1. The van der Waals surface area contributed by atoms with Gasteiger partial charge < -0.3 is 31.1 Å². The van der Waals surface area contributed by atoms with Crippen molar-refractivity contribution in [3.8, 4) is 5.75 Å². The van der Waals surface area contributed by atoms with Crippen LogP contribution in [-0.2, 0) is 0 Å². The fraction of sp³-hybridized carbons (Fsp3) is 0.467. The van der Waals surface area contributed by atoms with Crippen molar-refractivity contribution in [2.75, 3.05) is 52.3 Å². The number of nitrogens with two attached hydrogens (primary N) is 1. The van der Waals surface area contributed by atoms with Crippen LogP contribution in [-0.4, -0.2) is 69.1 Å². The minimum absolute atomic E-state index is 0.139. The van der Waals surface area contributed by atoms with Gasteiger partial charge in [-0.25, -0.2) is 0 Å². The van der Waals surface area contributed by atoms with Crippen LogP contribution in [0.1, 0.15) is 66.2 Å². The maximum atomic E-state index is 13.3. The molecule has 8 nitrogen and oxygen atoms in total. The largest absolute Gasteiger partial charge is 0.497 e. The van der Waals surface area contributed by atoms with Crippen molar-refractivity contribution >= 4 is 23.4 Å². The Morgan fingerprint density at radius 1 is 1.18 bits per heavy atom. The zero-order valence-electron chi connectivity index (χ0n) is 23.6. The third kappa shape index (κ3) is 9.50. The molecule has 0 aliphatic carbocycles. The van der Waals surface area contributed by atoms with Gasteiger partial charge in [-0.15, -0.1) is 0 Å². The minimum atomic E-state index is -0.261. The van der Waals surface area contributed by atoms with Gasteiger partial charge in [0.15, 0.2) is 0 Å². The van der Waals surface area contributed by atoms with Crippen LogP contribution in [0, 0.1) is 6.92 Å². The average molecular weight is 524 g/mol. The highest BCUT2D eigenvalue weighted by molar-refractivity contribution is 6.09. The second-order valence-corrected chi connectivity index (χ2v) is 9.43. The third-order valence-corrected chi connectivity index (χ3v) is 6.49. The number of rotatable bonds is 16. The number of allylic oxidation sites excluding steroid dienone is 1. The summed E-state index contributed by atoms with van der Waals surface area (Å²) in [6.07, 6.45) is 6.27. The number of aryl methyl sites for hydroxylation is 1. The molecule has 0 aliphatic heterocycles. The van der Waals surface area contributed by atoms with Crippen LogP contribution in [0.3, 0.4) is 0 Å². The molecule has 0 fully saturated rings. The normalized spacial score (nSPS) is 12.7. The number of aliphatic imine (C=N–C) groups is 1. The number of benzene rings is 2. The molecular weight excluding hydrogens is 478 g/mol. The van der Waals surface area contributed by atoms with Crippen LogP contribution in [0.15, 0.2) is 47.6 Å². The van der Waals surface area contributed by atoms with Crippen LogP contribution < -0.4 is 21.1 Å². The molecule has 0 spiro atoms. The summed E-state index contributed by atoms with van der Waals surface area (Å²) in [6.45, 7) is 9.84. The van der Waals surface area contributed by atoms with Crippen molar-refractivity contribution in [2.45, 2.75) is 46.1 Å². The van der Waals surface area contributed by atoms with Gasteiger partial charge in [0, 0.05) is 62.5 Å². The Balaban J connectivity index is 2.12. The molecule has 0 radical (unpaired) electrons. The summed E-state index contributed by atoms with van der Waals surface area (Å²) >= 11 is 0. The number of aliphatic hydroxyl groups is 1. The summed E-state index contributed by atoms with van der Waals surface area (Å²) in [7, 11) is 3.31. The third-order valence-electron chi connectivity index (χ3n) is 6.49. The highest BCUT2D eigenvalue weighted by Crippen LogP contribution is 2.26. The fourth-order valence-electron chi connectivity index (χ4n) is 4.21. The summed E-state index contributed by atoms with van der Waals surface area (Å²) in [4.78, 5) is 19.7. The number of amides is 1. The average Bonchev–Trinajstić information content (AvgIpc) is 2.93. The second-order valence-electron chi connectivity index (χ2n) is 9.43. The van der Waals surface area contributed by atoms with E-state index in [2.05, 4.69) is 27.4 Å². The molecule has 5 N–H and O–H groups in total. The van der Waals surface area contributed by atoms with Gasteiger partial charge in [0.1, 0.15) is 5.75 Å². The minimum Gasteiger partial charge on any atom is -0.497 e. The van der Waals surface area contributed by atoms with Crippen molar-refractivity contribution in [3.63, 3.8) is 0 Å². The number of anilines is 1. The highest BCUT2D eigenvalue weighted by Gasteiger charge is 2.16. The first-order valence-electron chi connectivity index (χ1n) is 13.4. The first-order valence-corrected chi connectivity index (χ1v) is 13.4. The van der Waals surface area contributed by atoms with Crippen molar-refractivity contribution < 1.29 is 14.6 Å². The van der Waals surface area contributed by atoms with E-state index in [9.17, 15) is 9.90 Å². The molecule has 2 rings (SSSR count). The van der Waals surface area contributed by atoms with Crippen LogP contribution in [0.2, 0.25) is 0 Å². The number of nitrogens with one attached hydrogen (secondary N) is 2. The lowest BCUT2D eigenvalue weighted by atomic mass is 9.99. The molecule has 0 heterocycles. The van der Waals surface area contributed by atoms with Crippen LogP contribution >= 0.6 is 0 Å². The van der Waals surface area contributed by atoms with E-state index in [0.29, 0.717) is 11.3 Å². The Morgan fingerprint density at radius 3 is 2.61 bits per heavy atom. The van der Waals surface area contributed by atoms with Gasteiger partial charge in [-0.3, -0.25) is 9.79 Å². The molecule has 2 aromatic rings. The molecule has 1 atom stereocenters. The predicted molar refractivity (Wildman–Crippen MR) is 158 cm³/mol. The molecule has 0 saturated heterocycles. The highest BCUT2D eigenvalue weighted by atomic mass is 16.5. The Labute approximate surface area is 228 Å². The Kier molecular flexibility index (Phi) is 13.4. The van der Waals surface area contributed by atoms with Gasteiger partial charge in [-0.05, 0) is 80.3 Å². The Bertz CT molecular complexity index is 1080. The van der Waals surface area contributed by atoms with E-state index in [1.54, 1.807) is 20.4 Å². The van der Waals surface area contributed by atoms with Crippen molar-refractivity contribution in [3.05, 3.63) is 64.9 Å². The summed E-state index contributed by atoms with van der Waals surface area (Å²) in [5.74, 6) is 0.539. The maximum Gasteiger partial charge on any atom is 0.252 e. The number of methoxy groups -OCH3 is 1. The van der Waals surface area contributed by atoms with E-state index in [1.165, 1.54) is 6.20 Å². The molecule has 0 aromatic heterocycles. The number of ether oxygens (including phenoxy) is 1. The molecule has 0 bridgehead atoms. The topological polar surface area (TPSA) is 112 Å². The smallest absolute Gasteiger partial charge is 0.252 e. The van der Waals surface area contributed by atoms with E-state index >= 15 is 0 Å². The van der Waals surface area contributed by atoms with Gasteiger partial charge in [-0.2, -0.15) is 0 Å². The van der Waals surface area contributed by atoms with Crippen LogP contribution in [0.4, 0.5) is 5.69 Å². The van der Waals surface area contributed by atoms with Gasteiger partial charge in [0.2, 0.25) is 0 Å². The number of hydrogen-bond donors (Lipinski definition) is 4. The van der Waals surface area contributed by atoms with Crippen molar-refractivity contribution in [1.29, 1.82) is 0 Å². The van der Waals surface area contributed by atoms with E-state index < -0.39 is 0 Å². The summed E-state index contributed by atoms with van der Waals surface area (Å²) in [5, 5.41) is 15.8. The maximum absolute atomic E-state index is 13.3. The second kappa shape index (κ2) is 16.5. The molecule has 208 valence electrons. The lowest BCUT2D eigenvalue weighted by Crippen LogP contribution is -2.31. The number of hydrogen-bond acceptors (Lipinski definition) is 7. The van der Waals surface area contributed by atoms with Gasteiger partial charge in [-0.1, -0.05) is 19.4 Å². The van der Waals surface area contributed by atoms with Crippen molar-refractivity contribution in [1.82, 2.24) is 10.2 Å². The van der Waals surface area contributed by atoms with Crippen LogP contribution in [0.5, 0.6) is 5.75 Å². The zero-order valence-corrected chi connectivity index (χ0v) is 23.6. The number of carbonyl (C=O) groups excluding carboxylic acids is 1. The SMILES string of the molecule is CCCCN(CCCO)CCNc1ccc(C)c(C(=O)NC(C)c2cc(OC)cc(/C(C=NC)=C/N)c2)c1. The van der Waals surface area contributed by atoms with Gasteiger partial charge in [0.25, 0.3) is 5.91 Å². The Hall–Kier alpha value is -3.36. The fourth-order valence-corrected chi connectivity index (χ4v) is 4.21.